The van der Waals surface area contributed by atoms with Crippen LogP contribution in [0.3, 0.4) is 0 Å². The molecular weight excluding hydrogens is 431 g/mol. The number of hydrogen-bond donors (Lipinski definition) is 1. The Morgan fingerprint density at radius 1 is 1.19 bits per heavy atom. The van der Waals surface area contributed by atoms with Crippen LogP contribution < -0.4 is 16.2 Å². The van der Waals surface area contributed by atoms with Crippen molar-refractivity contribution in [3.63, 3.8) is 0 Å². The van der Waals surface area contributed by atoms with E-state index in [2.05, 4.69) is 31.1 Å². The maximum atomic E-state index is 12.5. The van der Waals surface area contributed by atoms with Gasteiger partial charge in [-0.25, -0.2) is 4.79 Å². The summed E-state index contributed by atoms with van der Waals surface area (Å²) >= 11 is 2.99. The molecule has 1 heterocycles. The van der Waals surface area contributed by atoms with Crippen LogP contribution >= 0.6 is 15.9 Å². The smallest absolute Gasteiger partial charge is 0.405 e. The lowest BCUT2D eigenvalue weighted by Gasteiger charge is -2.11. The summed E-state index contributed by atoms with van der Waals surface area (Å²) in [5.74, 6) is -0.427. The Balaban J connectivity index is 1.87. The Kier molecular flexibility index (Phi) is 4.96. The number of anilines is 1. The number of halogens is 4. The van der Waals surface area contributed by atoms with Crippen LogP contribution in [0.25, 0.3) is 5.69 Å². The standard InChI is InChI=1S/C16H13BrF3N5O2/c1-9-6-10(2-4-13(9)21)8-24-15(26)25(23-22-24)11-3-5-14(12(17)7-11)27-16(18,19)20/h2-7H,8,21H2,1H3. The number of aryl methyl sites for hydroxylation is 1. The molecular formula is C16H13BrF3N5O2. The molecule has 0 radical (unpaired) electrons. The number of nitrogens with two attached hydrogens (primary N) is 1. The molecule has 1 aromatic heterocycles. The van der Waals surface area contributed by atoms with Crippen molar-refractivity contribution >= 4 is 21.6 Å². The molecule has 0 unspecified atom stereocenters. The van der Waals surface area contributed by atoms with E-state index in [1.165, 1.54) is 12.1 Å². The normalized spacial score (nSPS) is 11.6. The van der Waals surface area contributed by atoms with Gasteiger partial charge in [-0.15, -0.1) is 13.2 Å². The molecule has 0 atom stereocenters. The minimum atomic E-state index is -4.82. The summed E-state index contributed by atoms with van der Waals surface area (Å²) in [6.07, 6.45) is -4.82. The summed E-state index contributed by atoms with van der Waals surface area (Å²) in [4.78, 5) is 12.5. The lowest BCUT2D eigenvalue weighted by atomic mass is 10.1. The molecule has 0 aliphatic rings. The van der Waals surface area contributed by atoms with Gasteiger partial charge in [0.05, 0.1) is 16.7 Å². The number of ether oxygens (including phenoxy) is 1. The summed E-state index contributed by atoms with van der Waals surface area (Å²) in [6.45, 7) is 2.02. The van der Waals surface area contributed by atoms with Crippen molar-refractivity contribution < 1.29 is 17.9 Å². The third-order valence-corrected chi connectivity index (χ3v) is 4.31. The molecule has 2 aromatic carbocycles. The van der Waals surface area contributed by atoms with E-state index >= 15 is 0 Å². The molecule has 2 N–H and O–H groups in total. The van der Waals surface area contributed by atoms with Gasteiger partial charge in [-0.3, -0.25) is 0 Å². The van der Waals surface area contributed by atoms with Crippen LogP contribution in [-0.4, -0.2) is 26.2 Å². The molecule has 0 saturated carbocycles. The van der Waals surface area contributed by atoms with E-state index in [0.717, 1.165) is 26.6 Å². The zero-order chi connectivity index (χ0) is 19.8. The highest BCUT2D eigenvalue weighted by atomic mass is 79.9. The zero-order valence-electron chi connectivity index (χ0n) is 13.9. The Bertz CT molecular complexity index is 1050. The quantitative estimate of drug-likeness (QED) is 0.626. The van der Waals surface area contributed by atoms with E-state index in [0.29, 0.717) is 5.69 Å². The van der Waals surface area contributed by atoms with Crippen LogP contribution in [0.2, 0.25) is 0 Å². The van der Waals surface area contributed by atoms with Crippen LogP contribution in [0.1, 0.15) is 11.1 Å². The topological polar surface area (TPSA) is 88.0 Å². The summed E-state index contributed by atoms with van der Waals surface area (Å²) < 4.78 is 43.0. The molecule has 0 spiro atoms. The lowest BCUT2D eigenvalue weighted by molar-refractivity contribution is -0.274. The summed E-state index contributed by atoms with van der Waals surface area (Å²) in [7, 11) is 0. The maximum absolute atomic E-state index is 12.5. The maximum Gasteiger partial charge on any atom is 0.573 e. The minimum Gasteiger partial charge on any atom is -0.405 e. The molecule has 0 bridgehead atoms. The van der Waals surface area contributed by atoms with Crippen molar-refractivity contribution in [2.24, 2.45) is 0 Å². The average Bonchev–Trinajstić information content (AvgIpc) is 2.93. The van der Waals surface area contributed by atoms with E-state index in [-0.39, 0.29) is 16.7 Å². The summed E-state index contributed by atoms with van der Waals surface area (Å²) in [5, 5.41) is 7.59. The van der Waals surface area contributed by atoms with Gasteiger partial charge >= 0.3 is 12.1 Å². The molecule has 3 aromatic rings. The highest BCUT2D eigenvalue weighted by Crippen LogP contribution is 2.31. The third kappa shape index (κ3) is 4.30. The first-order chi connectivity index (χ1) is 12.6. The van der Waals surface area contributed by atoms with E-state index < -0.39 is 17.8 Å². The van der Waals surface area contributed by atoms with Gasteiger partial charge < -0.3 is 10.5 Å². The average molecular weight is 444 g/mol. The fraction of sp³-hybridized carbons (Fsp3) is 0.188. The SMILES string of the molecule is Cc1cc(Cn2nnn(-c3ccc(OC(F)(F)F)c(Br)c3)c2=O)ccc1N. The van der Waals surface area contributed by atoms with Gasteiger partial charge in [-0.05, 0) is 68.7 Å². The molecule has 27 heavy (non-hydrogen) atoms. The molecule has 0 fully saturated rings. The molecule has 142 valence electrons. The van der Waals surface area contributed by atoms with E-state index in [9.17, 15) is 18.0 Å². The van der Waals surface area contributed by atoms with Gasteiger partial charge in [0, 0.05) is 5.69 Å². The predicted molar refractivity (Wildman–Crippen MR) is 94.7 cm³/mol. The van der Waals surface area contributed by atoms with Crippen molar-refractivity contribution in [1.82, 2.24) is 19.8 Å². The molecule has 0 aliphatic heterocycles. The number of benzene rings is 2. The lowest BCUT2D eigenvalue weighted by Crippen LogP contribution is -2.25. The van der Waals surface area contributed by atoms with Gasteiger partial charge in [0.2, 0.25) is 0 Å². The van der Waals surface area contributed by atoms with Crippen LogP contribution in [0, 0.1) is 6.92 Å². The van der Waals surface area contributed by atoms with Gasteiger partial charge in [-0.1, -0.05) is 12.1 Å². The highest BCUT2D eigenvalue weighted by molar-refractivity contribution is 9.10. The zero-order valence-corrected chi connectivity index (χ0v) is 15.5. The molecule has 0 saturated heterocycles. The molecule has 3 rings (SSSR count). The highest BCUT2D eigenvalue weighted by Gasteiger charge is 2.32. The van der Waals surface area contributed by atoms with E-state index in [4.69, 9.17) is 5.73 Å². The Morgan fingerprint density at radius 3 is 2.56 bits per heavy atom. The van der Waals surface area contributed by atoms with Crippen LogP contribution in [0.4, 0.5) is 18.9 Å². The summed E-state index contributed by atoms with van der Waals surface area (Å²) in [6, 6.07) is 8.99. The fourth-order valence-electron chi connectivity index (χ4n) is 2.37. The van der Waals surface area contributed by atoms with E-state index in [1.54, 1.807) is 12.1 Å². The van der Waals surface area contributed by atoms with Crippen molar-refractivity contribution in [2.75, 3.05) is 5.73 Å². The first-order valence-electron chi connectivity index (χ1n) is 7.57. The number of alkyl halides is 3. The predicted octanol–water partition coefficient (Wildman–Crippen LogP) is 3.03. The monoisotopic (exact) mass is 443 g/mol. The van der Waals surface area contributed by atoms with Gasteiger partial charge in [0.1, 0.15) is 5.75 Å². The number of aromatic nitrogens is 4. The van der Waals surface area contributed by atoms with Gasteiger partial charge in [-0.2, -0.15) is 9.36 Å². The van der Waals surface area contributed by atoms with Crippen molar-refractivity contribution in [1.29, 1.82) is 0 Å². The third-order valence-electron chi connectivity index (χ3n) is 3.69. The largest absolute Gasteiger partial charge is 0.573 e. The Hall–Kier alpha value is -2.82. The van der Waals surface area contributed by atoms with Crippen molar-refractivity contribution in [3.05, 3.63) is 62.5 Å². The second-order valence-corrected chi connectivity index (χ2v) is 6.54. The van der Waals surface area contributed by atoms with Gasteiger partial charge in [0.15, 0.2) is 0 Å². The Morgan fingerprint density at radius 2 is 1.93 bits per heavy atom. The first-order valence-corrected chi connectivity index (χ1v) is 8.37. The molecule has 0 amide bonds. The van der Waals surface area contributed by atoms with E-state index in [1.807, 2.05) is 13.0 Å². The second kappa shape index (κ2) is 7.06. The first kappa shape index (κ1) is 19.0. The number of nitrogen functional groups attached to an aromatic ring is 1. The molecule has 0 aliphatic carbocycles. The molecule has 11 heteroatoms. The van der Waals surface area contributed by atoms with Crippen LogP contribution in [0.15, 0.2) is 45.7 Å². The second-order valence-electron chi connectivity index (χ2n) is 5.68. The van der Waals surface area contributed by atoms with Crippen LogP contribution in [0.5, 0.6) is 5.75 Å². The van der Waals surface area contributed by atoms with Gasteiger partial charge in [0.25, 0.3) is 0 Å². The van der Waals surface area contributed by atoms with Crippen molar-refractivity contribution in [3.8, 4) is 11.4 Å². The number of nitrogens with zero attached hydrogens (tertiary/aromatic N) is 4. The Labute approximate surface area is 159 Å². The number of rotatable bonds is 4. The fourth-order valence-corrected chi connectivity index (χ4v) is 2.82. The number of hydrogen-bond acceptors (Lipinski definition) is 5. The number of tetrazole rings is 1. The molecule has 7 nitrogen and oxygen atoms in total. The van der Waals surface area contributed by atoms with Crippen LogP contribution in [-0.2, 0) is 6.54 Å². The summed E-state index contributed by atoms with van der Waals surface area (Å²) in [5.41, 5.74) is 7.79. The van der Waals surface area contributed by atoms with Crippen molar-refractivity contribution in [2.45, 2.75) is 19.8 Å². The minimum absolute atomic E-state index is 0.0212.